The molecule has 1 fully saturated rings. The van der Waals surface area contributed by atoms with E-state index in [0.29, 0.717) is 13.0 Å². The van der Waals surface area contributed by atoms with Crippen LogP contribution in [0.5, 0.6) is 0 Å². The van der Waals surface area contributed by atoms with Crippen molar-refractivity contribution in [2.45, 2.75) is 59.2 Å². The fourth-order valence-corrected chi connectivity index (χ4v) is 2.86. The number of piperazine rings is 1. The summed E-state index contributed by atoms with van der Waals surface area (Å²) in [5, 5.41) is 2.86. The molecule has 2 unspecified atom stereocenters. The maximum Gasteiger partial charge on any atom is 0.246 e. The minimum atomic E-state index is -0.434. The quantitative estimate of drug-likeness (QED) is 0.905. The minimum absolute atomic E-state index is 0.01000. The summed E-state index contributed by atoms with van der Waals surface area (Å²) in [6, 6.07) is 2.89. The molecule has 0 aliphatic carbocycles. The van der Waals surface area contributed by atoms with Crippen LogP contribution in [0.25, 0.3) is 0 Å². The molecule has 0 radical (unpaired) electrons. The Bertz CT molecular complexity index is 521. The van der Waals surface area contributed by atoms with Crippen molar-refractivity contribution in [3.05, 3.63) is 23.7 Å². The molecule has 0 spiro atoms. The van der Waals surface area contributed by atoms with E-state index in [2.05, 4.69) is 5.32 Å². The molecule has 2 atom stereocenters. The lowest BCUT2D eigenvalue weighted by Crippen LogP contribution is -2.64. The van der Waals surface area contributed by atoms with Crippen LogP contribution < -0.4 is 5.32 Å². The molecule has 0 saturated carbocycles. The molecule has 5 heteroatoms. The molecule has 1 aromatic rings. The third kappa shape index (κ3) is 3.28. The Morgan fingerprint density at radius 3 is 2.57 bits per heavy atom. The molecule has 2 amide bonds. The van der Waals surface area contributed by atoms with Crippen molar-refractivity contribution in [2.75, 3.05) is 0 Å². The van der Waals surface area contributed by atoms with Crippen LogP contribution in [0.1, 0.15) is 45.1 Å². The van der Waals surface area contributed by atoms with Crippen molar-refractivity contribution in [2.24, 2.45) is 5.92 Å². The van der Waals surface area contributed by atoms with Gasteiger partial charge in [-0.2, -0.15) is 0 Å². The first-order valence-electron chi connectivity index (χ1n) is 7.60. The first-order valence-corrected chi connectivity index (χ1v) is 7.60. The highest BCUT2D eigenvalue weighted by Gasteiger charge is 2.41. The second-order valence-electron chi connectivity index (χ2n) is 6.02. The molecule has 0 bridgehead atoms. The summed E-state index contributed by atoms with van der Waals surface area (Å²) in [6.07, 6.45) is 1.53. The van der Waals surface area contributed by atoms with E-state index < -0.39 is 12.1 Å². The van der Waals surface area contributed by atoms with Crippen LogP contribution in [0.2, 0.25) is 0 Å². The molecule has 0 aromatic carbocycles. The Kier molecular flexibility index (Phi) is 4.70. The molecule has 1 N–H and O–H groups in total. The lowest BCUT2D eigenvalue weighted by molar-refractivity contribution is -0.152. The van der Waals surface area contributed by atoms with E-state index in [4.69, 9.17) is 4.42 Å². The van der Waals surface area contributed by atoms with Crippen LogP contribution in [0, 0.1) is 12.8 Å². The fourth-order valence-electron chi connectivity index (χ4n) is 2.86. The van der Waals surface area contributed by atoms with Crippen LogP contribution in [0.3, 0.4) is 0 Å². The summed E-state index contributed by atoms with van der Waals surface area (Å²) in [5.41, 5.74) is 0. The third-order valence-electron chi connectivity index (χ3n) is 3.83. The zero-order valence-electron chi connectivity index (χ0n) is 13.2. The molecule has 2 rings (SSSR count). The average molecular weight is 292 g/mol. The largest absolute Gasteiger partial charge is 0.464 e. The van der Waals surface area contributed by atoms with Crippen LogP contribution in [0.15, 0.2) is 16.5 Å². The Hall–Kier alpha value is -1.78. The topological polar surface area (TPSA) is 62.6 Å². The van der Waals surface area contributed by atoms with Crippen molar-refractivity contribution in [3.8, 4) is 0 Å². The highest BCUT2D eigenvalue weighted by molar-refractivity contribution is 5.97. The highest BCUT2D eigenvalue weighted by atomic mass is 16.3. The monoisotopic (exact) mass is 292 g/mol. The second kappa shape index (κ2) is 6.33. The molecule has 21 heavy (non-hydrogen) atoms. The number of carbonyl (C=O) groups excluding carboxylic acids is 2. The number of nitrogens with zero attached hydrogens (tertiary/aromatic N) is 1. The van der Waals surface area contributed by atoms with E-state index >= 15 is 0 Å². The number of carbonyl (C=O) groups is 2. The van der Waals surface area contributed by atoms with Gasteiger partial charge < -0.3 is 14.6 Å². The maximum absolute atomic E-state index is 12.7. The summed E-state index contributed by atoms with van der Waals surface area (Å²) in [6.45, 7) is 8.14. The predicted molar refractivity (Wildman–Crippen MR) is 79.5 cm³/mol. The smallest absolute Gasteiger partial charge is 0.246 e. The molecule has 1 aliphatic heterocycles. The fraction of sp³-hybridized carbons (Fsp3) is 0.625. The number of hydrogen-bond acceptors (Lipinski definition) is 3. The van der Waals surface area contributed by atoms with Gasteiger partial charge in [-0.05, 0) is 31.4 Å². The van der Waals surface area contributed by atoms with Gasteiger partial charge in [0.15, 0.2) is 0 Å². The van der Waals surface area contributed by atoms with Gasteiger partial charge in [0.25, 0.3) is 0 Å². The molecule has 1 aliphatic rings. The Morgan fingerprint density at radius 2 is 2.05 bits per heavy atom. The lowest BCUT2D eigenvalue weighted by Gasteiger charge is -2.40. The van der Waals surface area contributed by atoms with Gasteiger partial charge in [-0.15, -0.1) is 0 Å². The van der Waals surface area contributed by atoms with E-state index in [0.717, 1.165) is 17.9 Å². The van der Waals surface area contributed by atoms with Crippen molar-refractivity contribution in [1.82, 2.24) is 10.2 Å². The SMILES string of the molecule is CCCC1NC(=O)C(C(C)C)N(Cc2ccc(C)o2)C1=O. The number of hydrogen-bond donors (Lipinski definition) is 1. The van der Waals surface area contributed by atoms with Gasteiger partial charge in [-0.25, -0.2) is 0 Å². The van der Waals surface area contributed by atoms with E-state index in [-0.39, 0.29) is 17.7 Å². The molecular formula is C16H24N2O3. The Labute approximate surface area is 125 Å². The van der Waals surface area contributed by atoms with Gasteiger partial charge in [0, 0.05) is 0 Å². The van der Waals surface area contributed by atoms with Gasteiger partial charge in [0.05, 0.1) is 6.54 Å². The molecule has 2 heterocycles. The number of furan rings is 1. The van der Waals surface area contributed by atoms with Gasteiger partial charge >= 0.3 is 0 Å². The van der Waals surface area contributed by atoms with Crippen LogP contribution in [-0.2, 0) is 16.1 Å². The standard InChI is InChI=1S/C16H24N2O3/c1-5-6-13-16(20)18(9-12-8-7-11(4)21-12)14(10(2)3)15(19)17-13/h7-8,10,13-14H,5-6,9H2,1-4H3,(H,17,19). The summed E-state index contributed by atoms with van der Waals surface area (Å²) in [4.78, 5) is 26.7. The first-order chi connectivity index (χ1) is 9.93. The zero-order chi connectivity index (χ0) is 15.6. The first kappa shape index (κ1) is 15.6. The van der Waals surface area contributed by atoms with Gasteiger partial charge in [-0.3, -0.25) is 9.59 Å². The minimum Gasteiger partial charge on any atom is -0.464 e. The molecular weight excluding hydrogens is 268 g/mol. The normalized spacial score (nSPS) is 22.8. The Balaban J connectivity index is 2.25. The zero-order valence-corrected chi connectivity index (χ0v) is 13.2. The van der Waals surface area contributed by atoms with E-state index in [1.807, 2.05) is 39.8 Å². The van der Waals surface area contributed by atoms with Crippen LogP contribution in [-0.4, -0.2) is 28.8 Å². The maximum atomic E-state index is 12.7. The van der Waals surface area contributed by atoms with E-state index in [1.54, 1.807) is 4.90 Å². The second-order valence-corrected chi connectivity index (χ2v) is 6.02. The summed E-state index contributed by atoms with van der Waals surface area (Å²) in [7, 11) is 0. The summed E-state index contributed by atoms with van der Waals surface area (Å²) in [5.74, 6) is 1.52. The lowest BCUT2D eigenvalue weighted by atomic mass is 9.95. The van der Waals surface area contributed by atoms with Gasteiger partial charge in [0.1, 0.15) is 23.6 Å². The van der Waals surface area contributed by atoms with E-state index in [9.17, 15) is 9.59 Å². The van der Waals surface area contributed by atoms with Crippen molar-refractivity contribution in [1.29, 1.82) is 0 Å². The average Bonchev–Trinajstić information content (AvgIpc) is 2.80. The molecule has 1 aromatic heterocycles. The van der Waals surface area contributed by atoms with Crippen molar-refractivity contribution in [3.63, 3.8) is 0 Å². The highest BCUT2D eigenvalue weighted by Crippen LogP contribution is 2.22. The van der Waals surface area contributed by atoms with Gasteiger partial charge in [0.2, 0.25) is 11.8 Å². The molecule has 5 nitrogen and oxygen atoms in total. The van der Waals surface area contributed by atoms with Crippen molar-refractivity contribution < 1.29 is 14.0 Å². The summed E-state index contributed by atoms with van der Waals surface area (Å²) < 4.78 is 5.57. The van der Waals surface area contributed by atoms with Crippen LogP contribution >= 0.6 is 0 Å². The van der Waals surface area contributed by atoms with Crippen molar-refractivity contribution >= 4 is 11.8 Å². The number of aryl methyl sites for hydroxylation is 1. The van der Waals surface area contributed by atoms with Crippen LogP contribution in [0.4, 0.5) is 0 Å². The van der Waals surface area contributed by atoms with E-state index in [1.165, 1.54) is 0 Å². The predicted octanol–water partition coefficient (Wildman–Crippen LogP) is 2.24. The third-order valence-corrected chi connectivity index (χ3v) is 3.83. The van der Waals surface area contributed by atoms with Gasteiger partial charge in [-0.1, -0.05) is 27.2 Å². The number of rotatable bonds is 5. The number of amides is 2. The molecule has 116 valence electrons. The Morgan fingerprint density at radius 1 is 1.33 bits per heavy atom. The number of nitrogens with one attached hydrogen (secondary N) is 1. The molecule has 1 saturated heterocycles. The summed E-state index contributed by atoms with van der Waals surface area (Å²) >= 11 is 0.